The minimum atomic E-state index is -0.509. The molecule has 0 saturated heterocycles. The fourth-order valence-electron chi connectivity index (χ4n) is 1.37. The number of nitrogens with zero attached hydrogens (tertiary/aromatic N) is 2. The lowest BCUT2D eigenvalue weighted by Crippen LogP contribution is -2.07. The van der Waals surface area contributed by atoms with E-state index in [-0.39, 0.29) is 17.2 Å². The summed E-state index contributed by atoms with van der Waals surface area (Å²) in [5.74, 6) is 0.251. The Labute approximate surface area is 94.0 Å². The van der Waals surface area contributed by atoms with Gasteiger partial charge in [0.05, 0.1) is 4.92 Å². The summed E-state index contributed by atoms with van der Waals surface area (Å²) >= 11 is 0. The number of rotatable bonds is 6. The van der Waals surface area contributed by atoms with Gasteiger partial charge in [-0.1, -0.05) is 19.8 Å². The minimum Gasteiger partial charge on any atom is -0.393 e. The highest BCUT2D eigenvalue weighted by atomic mass is 16.6. The molecule has 0 saturated carbocycles. The third-order valence-electron chi connectivity index (χ3n) is 2.21. The molecule has 0 aliphatic carbocycles. The van der Waals surface area contributed by atoms with Crippen LogP contribution in [0.25, 0.3) is 0 Å². The fourth-order valence-corrected chi connectivity index (χ4v) is 1.37. The molecule has 0 aliphatic heterocycles. The van der Waals surface area contributed by atoms with Gasteiger partial charge in [-0.3, -0.25) is 10.1 Å². The third kappa shape index (κ3) is 3.08. The minimum absolute atomic E-state index is 0.137. The Hall–Kier alpha value is -1.85. The first-order valence-corrected chi connectivity index (χ1v) is 5.29. The van der Waals surface area contributed by atoms with Crippen LogP contribution < -0.4 is 11.1 Å². The zero-order valence-electron chi connectivity index (χ0n) is 9.27. The van der Waals surface area contributed by atoms with Crippen LogP contribution in [0.5, 0.6) is 0 Å². The number of nitrogen functional groups attached to an aromatic ring is 1. The summed E-state index contributed by atoms with van der Waals surface area (Å²) in [6, 6.07) is 1.43. The van der Waals surface area contributed by atoms with Crippen molar-refractivity contribution in [3.8, 4) is 0 Å². The van der Waals surface area contributed by atoms with E-state index in [4.69, 9.17) is 5.73 Å². The maximum absolute atomic E-state index is 10.8. The van der Waals surface area contributed by atoms with Crippen molar-refractivity contribution < 1.29 is 4.92 Å². The van der Waals surface area contributed by atoms with E-state index in [0.29, 0.717) is 6.54 Å². The number of pyridine rings is 1. The van der Waals surface area contributed by atoms with E-state index in [0.717, 1.165) is 19.3 Å². The van der Waals surface area contributed by atoms with Gasteiger partial charge in [0.1, 0.15) is 5.69 Å². The third-order valence-corrected chi connectivity index (χ3v) is 2.21. The number of aromatic nitrogens is 1. The molecule has 0 spiro atoms. The van der Waals surface area contributed by atoms with Gasteiger partial charge >= 0.3 is 5.69 Å². The van der Waals surface area contributed by atoms with Gasteiger partial charge in [0, 0.05) is 12.7 Å². The molecule has 88 valence electrons. The number of hydrogen-bond donors (Lipinski definition) is 2. The van der Waals surface area contributed by atoms with Crippen LogP contribution in [0.1, 0.15) is 26.2 Å². The highest BCUT2D eigenvalue weighted by molar-refractivity contribution is 5.70. The molecule has 0 atom stereocenters. The molecule has 1 heterocycles. The zero-order valence-corrected chi connectivity index (χ0v) is 9.27. The Kier molecular flexibility index (Phi) is 4.50. The standard InChI is InChI=1S/C10H16N4O2/c1-2-3-4-6-12-10-9(14(15)16)8(11)5-7-13-10/h5,7H,2-4,6H2,1H3,(H3,11,12,13). The SMILES string of the molecule is CCCCCNc1nccc(N)c1[N+](=O)[O-]. The first-order valence-electron chi connectivity index (χ1n) is 5.29. The summed E-state index contributed by atoms with van der Waals surface area (Å²) in [5, 5.41) is 13.7. The van der Waals surface area contributed by atoms with Gasteiger partial charge in [0.15, 0.2) is 0 Å². The maximum atomic E-state index is 10.8. The molecular weight excluding hydrogens is 208 g/mol. The lowest BCUT2D eigenvalue weighted by molar-refractivity contribution is -0.383. The topological polar surface area (TPSA) is 94.1 Å². The van der Waals surface area contributed by atoms with Crippen LogP contribution in [0.4, 0.5) is 17.2 Å². The molecule has 6 heteroatoms. The van der Waals surface area contributed by atoms with Crippen molar-refractivity contribution in [2.45, 2.75) is 26.2 Å². The summed E-state index contributed by atoms with van der Waals surface area (Å²) in [7, 11) is 0. The summed E-state index contributed by atoms with van der Waals surface area (Å²) in [6.07, 6.45) is 4.62. The Morgan fingerprint density at radius 2 is 2.31 bits per heavy atom. The van der Waals surface area contributed by atoms with Crippen LogP contribution in [0, 0.1) is 10.1 Å². The lowest BCUT2D eigenvalue weighted by Gasteiger charge is -2.06. The molecule has 1 rings (SSSR count). The maximum Gasteiger partial charge on any atom is 0.333 e. The van der Waals surface area contributed by atoms with E-state index in [2.05, 4.69) is 17.2 Å². The van der Waals surface area contributed by atoms with Crippen LogP contribution in [0.2, 0.25) is 0 Å². The highest BCUT2D eigenvalue weighted by Crippen LogP contribution is 2.27. The second-order valence-corrected chi connectivity index (χ2v) is 3.49. The van der Waals surface area contributed by atoms with Crippen LogP contribution in [0.3, 0.4) is 0 Å². The molecule has 0 fully saturated rings. The predicted molar refractivity (Wildman–Crippen MR) is 63.3 cm³/mol. The number of nitro groups is 1. The normalized spacial score (nSPS) is 10.1. The molecule has 0 unspecified atom stereocenters. The Morgan fingerprint density at radius 1 is 1.56 bits per heavy atom. The molecule has 16 heavy (non-hydrogen) atoms. The monoisotopic (exact) mass is 224 g/mol. The van der Waals surface area contributed by atoms with E-state index in [9.17, 15) is 10.1 Å². The molecule has 0 amide bonds. The molecule has 3 N–H and O–H groups in total. The highest BCUT2D eigenvalue weighted by Gasteiger charge is 2.18. The number of hydrogen-bond acceptors (Lipinski definition) is 5. The summed E-state index contributed by atoms with van der Waals surface area (Å²) in [4.78, 5) is 14.2. The molecule has 1 aromatic heterocycles. The first kappa shape index (κ1) is 12.2. The van der Waals surface area contributed by atoms with E-state index in [1.54, 1.807) is 0 Å². The predicted octanol–water partition coefficient (Wildman–Crippen LogP) is 2.17. The van der Waals surface area contributed by atoms with Crippen LogP contribution in [-0.4, -0.2) is 16.5 Å². The van der Waals surface area contributed by atoms with Gasteiger partial charge in [-0.05, 0) is 12.5 Å². The second-order valence-electron chi connectivity index (χ2n) is 3.49. The van der Waals surface area contributed by atoms with Crippen LogP contribution in [0.15, 0.2) is 12.3 Å². The van der Waals surface area contributed by atoms with Gasteiger partial charge in [0.2, 0.25) is 5.82 Å². The molecule has 1 aromatic rings. The summed E-state index contributed by atoms with van der Waals surface area (Å²) in [5.41, 5.74) is 5.53. The van der Waals surface area contributed by atoms with Crippen molar-refractivity contribution >= 4 is 17.2 Å². The smallest absolute Gasteiger partial charge is 0.333 e. The fraction of sp³-hybridized carbons (Fsp3) is 0.500. The van der Waals surface area contributed by atoms with Crippen molar-refractivity contribution in [2.75, 3.05) is 17.6 Å². The Morgan fingerprint density at radius 3 is 2.94 bits per heavy atom. The molecule has 0 radical (unpaired) electrons. The first-order chi connectivity index (χ1) is 7.66. The van der Waals surface area contributed by atoms with Crippen molar-refractivity contribution in [3.05, 3.63) is 22.4 Å². The van der Waals surface area contributed by atoms with Gasteiger partial charge < -0.3 is 11.1 Å². The van der Waals surface area contributed by atoms with E-state index < -0.39 is 4.92 Å². The molecule has 0 aliphatic rings. The van der Waals surface area contributed by atoms with Gasteiger partial charge in [-0.2, -0.15) is 0 Å². The lowest BCUT2D eigenvalue weighted by atomic mass is 10.2. The van der Waals surface area contributed by atoms with Crippen LogP contribution in [-0.2, 0) is 0 Å². The van der Waals surface area contributed by atoms with E-state index >= 15 is 0 Å². The van der Waals surface area contributed by atoms with Gasteiger partial charge in [-0.15, -0.1) is 0 Å². The Balaban J connectivity index is 2.71. The number of nitrogens with one attached hydrogen (secondary N) is 1. The average Bonchev–Trinajstić information content (AvgIpc) is 2.24. The van der Waals surface area contributed by atoms with Gasteiger partial charge in [0.25, 0.3) is 0 Å². The van der Waals surface area contributed by atoms with Crippen molar-refractivity contribution in [2.24, 2.45) is 0 Å². The second kappa shape index (κ2) is 5.89. The largest absolute Gasteiger partial charge is 0.393 e. The zero-order chi connectivity index (χ0) is 12.0. The molecule has 0 bridgehead atoms. The quantitative estimate of drug-likeness (QED) is 0.438. The van der Waals surface area contributed by atoms with E-state index in [1.165, 1.54) is 12.3 Å². The van der Waals surface area contributed by atoms with Crippen molar-refractivity contribution in [1.29, 1.82) is 0 Å². The molecular formula is C10H16N4O2. The molecule has 6 nitrogen and oxygen atoms in total. The number of anilines is 2. The number of nitrogens with two attached hydrogens (primary N) is 1. The van der Waals surface area contributed by atoms with Crippen LogP contribution >= 0.6 is 0 Å². The average molecular weight is 224 g/mol. The Bertz CT molecular complexity index is 368. The summed E-state index contributed by atoms with van der Waals surface area (Å²) in [6.45, 7) is 2.77. The van der Waals surface area contributed by atoms with E-state index in [1.807, 2.05) is 0 Å². The molecule has 0 aromatic carbocycles. The van der Waals surface area contributed by atoms with Crippen molar-refractivity contribution in [1.82, 2.24) is 4.98 Å². The van der Waals surface area contributed by atoms with Gasteiger partial charge in [-0.25, -0.2) is 4.98 Å². The number of unbranched alkanes of at least 4 members (excludes halogenated alkanes) is 2. The van der Waals surface area contributed by atoms with Crippen molar-refractivity contribution in [3.63, 3.8) is 0 Å². The summed E-state index contributed by atoms with van der Waals surface area (Å²) < 4.78 is 0.